The number of carbonyl (C=O) groups is 4. The summed E-state index contributed by atoms with van der Waals surface area (Å²) in [6.07, 6.45) is -2.05. The zero-order valence-electron chi connectivity index (χ0n) is 14.1. The Labute approximate surface area is 183 Å². The highest BCUT2D eigenvalue weighted by atomic mass is 127. The van der Waals surface area contributed by atoms with E-state index < -0.39 is 30.9 Å². The lowest BCUT2D eigenvalue weighted by molar-refractivity contribution is -0.153. The van der Waals surface area contributed by atoms with Crippen molar-refractivity contribution in [2.24, 2.45) is 0 Å². The van der Waals surface area contributed by atoms with Crippen LogP contribution in [0, 0.1) is 0 Å². The summed E-state index contributed by atoms with van der Waals surface area (Å²) in [6.45, 7) is 2.43. The van der Waals surface area contributed by atoms with Crippen LogP contribution >= 0.6 is 59.6 Å². The van der Waals surface area contributed by atoms with Crippen molar-refractivity contribution in [3.8, 4) is 0 Å². The Morgan fingerprint density at radius 3 is 2.31 bits per heavy atom. The van der Waals surface area contributed by atoms with Gasteiger partial charge in [0.15, 0.2) is 6.61 Å². The van der Waals surface area contributed by atoms with E-state index in [0.29, 0.717) is 6.10 Å². The van der Waals surface area contributed by atoms with Crippen molar-refractivity contribution in [3.05, 3.63) is 0 Å². The Morgan fingerprint density at radius 2 is 1.73 bits per heavy atom. The van der Waals surface area contributed by atoms with Gasteiger partial charge in [0.05, 0.1) is 12.8 Å². The van der Waals surface area contributed by atoms with Crippen molar-refractivity contribution >= 4 is 95.1 Å². The molecule has 4 atom stereocenters. The van der Waals surface area contributed by atoms with Gasteiger partial charge in [0, 0.05) is 0 Å². The first kappa shape index (κ1) is 26.1. The first-order chi connectivity index (χ1) is 12.1. The summed E-state index contributed by atoms with van der Waals surface area (Å²) in [7, 11) is 4.01. The van der Waals surface area contributed by atoms with E-state index in [1.807, 2.05) is 22.4 Å². The van der Waals surface area contributed by atoms with Gasteiger partial charge in [0.1, 0.15) is 12.2 Å². The zero-order valence-corrected chi connectivity index (χ0v) is 20.6. The van der Waals surface area contributed by atoms with Crippen LogP contribution in [0.4, 0.5) is 4.79 Å². The molecule has 0 aromatic heterocycles. The van der Waals surface area contributed by atoms with Crippen LogP contribution in [0.2, 0.25) is 0 Å². The average molecular weight is 629 g/mol. The maximum atomic E-state index is 11.6. The molecule has 2 amide bonds. The van der Waals surface area contributed by atoms with Crippen molar-refractivity contribution in [1.82, 2.24) is 10.5 Å². The highest BCUT2D eigenvalue weighted by Gasteiger charge is 2.19. The van der Waals surface area contributed by atoms with Crippen molar-refractivity contribution in [2.45, 2.75) is 38.9 Å². The van der Waals surface area contributed by atoms with Gasteiger partial charge in [-0.1, -0.05) is 28.1 Å². The van der Waals surface area contributed by atoms with Gasteiger partial charge in [0.2, 0.25) is 11.8 Å². The predicted octanol–water partition coefficient (Wildman–Crippen LogP) is 1.33. The van der Waals surface area contributed by atoms with Gasteiger partial charge in [-0.15, -0.1) is 31.5 Å². The van der Waals surface area contributed by atoms with Crippen molar-refractivity contribution in [2.75, 3.05) is 6.61 Å². The molecular weight excluding hydrogens is 610 g/mol. The maximum absolute atomic E-state index is 11.6. The van der Waals surface area contributed by atoms with Gasteiger partial charge >= 0.3 is 16.5 Å². The highest BCUT2D eigenvalue weighted by Crippen LogP contribution is 2.15. The van der Waals surface area contributed by atoms with Crippen LogP contribution in [-0.4, -0.2) is 54.3 Å². The molecule has 15 heteroatoms. The Morgan fingerprint density at radius 1 is 1.15 bits per heavy atom. The third-order valence-corrected chi connectivity index (χ3v) is 4.14. The molecule has 0 aromatic carbocycles. The SMILES string of the molecule is CC(CC(=O)N[B]PI)OC(=O)COC(=O)OC(C)CC(=O)NB(P)I. The molecule has 0 aromatic rings. The number of rotatable bonds is 11. The number of halogens is 2. The Kier molecular flexibility index (Phi) is 15.2. The fourth-order valence-corrected chi connectivity index (χ4v) is 2.78. The van der Waals surface area contributed by atoms with Crippen molar-refractivity contribution in [1.29, 1.82) is 0 Å². The van der Waals surface area contributed by atoms with Gasteiger partial charge in [-0.3, -0.25) is 9.59 Å². The molecule has 0 aliphatic heterocycles. The van der Waals surface area contributed by atoms with Gasteiger partial charge < -0.3 is 24.7 Å². The lowest BCUT2D eigenvalue weighted by Gasteiger charge is -2.15. The normalized spacial score (nSPS) is 12.7. The van der Waals surface area contributed by atoms with E-state index in [-0.39, 0.29) is 29.1 Å². The fourth-order valence-electron chi connectivity index (χ4n) is 1.56. The zero-order chi connectivity index (χ0) is 20.1. The van der Waals surface area contributed by atoms with E-state index in [2.05, 4.69) is 46.4 Å². The number of esters is 1. The summed E-state index contributed by atoms with van der Waals surface area (Å²) in [6, 6.07) is 0. The predicted molar refractivity (Wildman–Crippen MR) is 121 cm³/mol. The number of nitrogens with one attached hydrogen (secondary N) is 2. The number of hydrogen-bond donors (Lipinski definition) is 2. The summed E-state index contributed by atoms with van der Waals surface area (Å²) < 4.78 is 14.3. The molecule has 0 spiro atoms. The van der Waals surface area contributed by atoms with Crippen LogP contribution in [-0.2, 0) is 28.6 Å². The minimum atomic E-state index is -1.08. The summed E-state index contributed by atoms with van der Waals surface area (Å²) in [5.41, 5.74) is 0. The first-order valence-electron chi connectivity index (χ1n) is 7.33. The Balaban J connectivity index is 4.01. The van der Waals surface area contributed by atoms with Gasteiger partial charge in [-0.25, -0.2) is 9.59 Å². The molecule has 145 valence electrons. The minimum Gasteiger partial charge on any atom is -0.460 e. The molecule has 0 bridgehead atoms. The van der Waals surface area contributed by atoms with Crippen LogP contribution in [0.15, 0.2) is 0 Å². The Bertz CT molecular complexity index is 505. The molecule has 0 heterocycles. The Hall–Kier alpha value is 0.130. The standard InChI is InChI=1S/C11H19B2I2N2O7P2/c1-6(3-8(18)16-12-26-15)23-10(20)5-22-11(21)24-7(2)4-9(19)17-13(14)25/h6-7,26H,3-5,25H2,1-2H3,(H,16,18)(H,17,19). The molecule has 0 rings (SSSR count). The molecule has 4 unspecified atom stereocenters. The molecule has 0 fully saturated rings. The van der Waals surface area contributed by atoms with Crippen molar-refractivity contribution < 1.29 is 33.4 Å². The van der Waals surface area contributed by atoms with Crippen LogP contribution in [0.1, 0.15) is 26.7 Å². The molecule has 9 nitrogen and oxygen atoms in total. The quantitative estimate of drug-likeness (QED) is 0.153. The van der Waals surface area contributed by atoms with Crippen LogP contribution in [0.25, 0.3) is 0 Å². The molecular formula is C11H19B2I2N2O7P2. The highest BCUT2D eigenvalue weighted by molar-refractivity contribution is 14.2. The van der Waals surface area contributed by atoms with Gasteiger partial charge in [-0.2, -0.15) is 0 Å². The van der Waals surface area contributed by atoms with E-state index in [1.54, 1.807) is 14.1 Å². The molecule has 1 radical (unpaired) electrons. The van der Waals surface area contributed by atoms with Crippen molar-refractivity contribution in [3.63, 3.8) is 0 Å². The van der Waals surface area contributed by atoms with Crippen LogP contribution < -0.4 is 10.5 Å². The monoisotopic (exact) mass is 629 g/mol. The third-order valence-electron chi connectivity index (χ3n) is 2.47. The van der Waals surface area contributed by atoms with Crippen LogP contribution in [0.3, 0.4) is 0 Å². The summed E-state index contributed by atoms with van der Waals surface area (Å²) in [4.78, 5) is 46.0. The summed E-state index contributed by atoms with van der Waals surface area (Å²) >= 11 is 4.09. The van der Waals surface area contributed by atoms with Gasteiger partial charge in [0.25, 0.3) is 7.13 Å². The second kappa shape index (κ2) is 15.1. The summed E-state index contributed by atoms with van der Waals surface area (Å²) in [5.74, 6) is -1.36. The van der Waals surface area contributed by atoms with E-state index in [0.717, 1.165) is 0 Å². The maximum Gasteiger partial charge on any atom is 0.509 e. The molecule has 2 N–H and O–H groups in total. The molecule has 0 aliphatic carbocycles. The summed E-state index contributed by atoms with van der Waals surface area (Å²) in [5, 5.41) is 5.16. The molecule has 0 saturated heterocycles. The molecule has 0 saturated carbocycles. The molecule has 26 heavy (non-hydrogen) atoms. The first-order valence-corrected chi connectivity index (χ1v) is 13.4. The smallest absolute Gasteiger partial charge is 0.460 e. The van der Waals surface area contributed by atoms with E-state index in [1.165, 1.54) is 6.92 Å². The lowest BCUT2D eigenvalue weighted by atomic mass is 10.2. The molecule has 0 aliphatic rings. The topological polar surface area (TPSA) is 120 Å². The minimum absolute atomic E-state index is 0.00648. The van der Waals surface area contributed by atoms with Gasteiger partial charge in [-0.05, 0) is 13.8 Å². The fraction of sp³-hybridized carbons (Fsp3) is 0.636. The second-order valence-corrected chi connectivity index (χ2v) is 10.7. The van der Waals surface area contributed by atoms with Crippen LogP contribution in [0.5, 0.6) is 0 Å². The number of carbonyl (C=O) groups excluding carboxylic acids is 4. The second-order valence-electron chi connectivity index (χ2n) is 4.97. The number of ether oxygens (including phenoxy) is 3. The largest absolute Gasteiger partial charge is 0.509 e. The van der Waals surface area contributed by atoms with E-state index in [9.17, 15) is 19.2 Å². The van der Waals surface area contributed by atoms with E-state index in [4.69, 9.17) is 9.47 Å². The lowest BCUT2D eigenvalue weighted by Crippen LogP contribution is -2.33. The average Bonchev–Trinajstić information content (AvgIpc) is 2.49. The van der Waals surface area contributed by atoms with E-state index >= 15 is 0 Å². The number of hydrogen-bond acceptors (Lipinski definition) is 7. The number of amides is 2. The third kappa shape index (κ3) is 15.2.